The number of unbranched alkanes of at least 4 members (excludes halogenated alkanes) is 6. The van der Waals surface area contributed by atoms with Gasteiger partial charge < -0.3 is 10.4 Å². The number of benzene rings is 2. The highest BCUT2D eigenvalue weighted by atomic mass is 16.3. The fourth-order valence-corrected chi connectivity index (χ4v) is 5.04. The standard InChI is InChI=1S/C31H43NO2/c1-6-7-8-9-10-11-12-15-24(29(34)32-27-16-13-14-17-28(27)33)23-18-19-25-26(22-23)31(4,5)21-20-30(25,2)3/h13-19,22,33H,6-12,20-21H2,1-5H3,(H,32,34). The summed E-state index contributed by atoms with van der Waals surface area (Å²) >= 11 is 0. The van der Waals surface area contributed by atoms with Crippen molar-refractivity contribution in [3.8, 4) is 5.75 Å². The minimum Gasteiger partial charge on any atom is -0.506 e. The number of allylic oxidation sites excluding steroid dienone is 1. The van der Waals surface area contributed by atoms with E-state index < -0.39 is 0 Å². The summed E-state index contributed by atoms with van der Waals surface area (Å²) in [6, 6.07) is 13.5. The van der Waals surface area contributed by atoms with E-state index >= 15 is 0 Å². The molecule has 0 aromatic heterocycles. The van der Waals surface area contributed by atoms with Crippen LogP contribution in [0.3, 0.4) is 0 Å². The lowest BCUT2D eigenvalue weighted by atomic mass is 9.63. The number of anilines is 1. The van der Waals surface area contributed by atoms with Crippen molar-refractivity contribution >= 4 is 17.2 Å². The van der Waals surface area contributed by atoms with Crippen molar-refractivity contribution in [2.24, 2.45) is 0 Å². The van der Waals surface area contributed by atoms with Gasteiger partial charge in [0.15, 0.2) is 0 Å². The predicted octanol–water partition coefficient (Wildman–Crippen LogP) is 8.51. The molecule has 3 heteroatoms. The van der Waals surface area contributed by atoms with E-state index in [4.69, 9.17) is 0 Å². The molecule has 0 fully saturated rings. The summed E-state index contributed by atoms with van der Waals surface area (Å²) in [5.74, 6) is -0.0836. The first-order valence-corrected chi connectivity index (χ1v) is 13.1. The fourth-order valence-electron chi connectivity index (χ4n) is 5.04. The second-order valence-corrected chi connectivity index (χ2v) is 11.2. The molecule has 0 saturated heterocycles. The minimum absolute atomic E-state index is 0.0828. The number of nitrogens with one attached hydrogen (secondary N) is 1. The van der Waals surface area contributed by atoms with Gasteiger partial charge in [0.2, 0.25) is 0 Å². The molecule has 2 N–H and O–H groups in total. The van der Waals surface area contributed by atoms with Crippen LogP contribution in [0, 0.1) is 0 Å². The molecule has 0 bridgehead atoms. The first kappa shape index (κ1) is 26.1. The molecule has 3 nitrogen and oxygen atoms in total. The van der Waals surface area contributed by atoms with E-state index in [0.717, 1.165) is 24.8 Å². The Morgan fingerprint density at radius 1 is 0.912 bits per heavy atom. The number of fused-ring (bicyclic) bond motifs is 1. The minimum atomic E-state index is -0.166. The van der Waals surface area contributed by atoms with Crippen LogP contribution in [0.2, 0.25) is 0 Å². The van der Waals surface area contributed by atoms with E-state index in [0.29, 0.717) is 11.3 Å². The number of carbonyl (C=O) groups is 1. The van der Waals surface area contributed by atoms with Crippen LogP contribution in [0.5, 0.6) is 5.75 Å². The van der Waals surface area contributed by atoms with Crippen LogP contribution in [0.1, 0.15) is 109 Å². The first-order chi connectivity index (χ1) is 16.2. The highest BCUT2D eigenvalue weighted by molar-refractivity contribution is 6.25. The van der Waals surface area contributed by atoms with E-state index in [-0.39, 0.29) is 22.5 Å². The topological polar surface area (TPSA) is 49.3 Å². The van der Waals surface area contributed by atoms with Gasteiger partial charge in [0.1, 0.15) is 5.75 Å². The average Bonchev–Trinajstić information content (AvgIpc) is 2.80. The van der Waals surface area contributed by atoms with Crippen molar-refractivity contribution < 1.29 is 9.90 Å². The summed E-state index contributed by atoms with van der Waals surface area (Å²) in [5.41, 5.74) is 5.06. The van der Waals surface area contributed by atoms with Gasteiger partial charge in [-0.1, -0.05) is 103 Å². The van der Waals surface area contributed by atoms with Gasteiger partial charge in [0, 0.05) is 5.57 Å². The van der Waals surface area contributed by atoms with E-state index in [9.17, 15) is 9.90 Å². The largest absolute Gasteiger partial charge is 0.506 e. The molecule has 34 heavy (non-hydrogen) atoms. The van der Waals surface area contributed by atoms with Crippen LogP contribution in [-0.2, 0) is 15.6 Å². The summed E-state index contributed by atoms with van der Waals surface area (Å²) in [7, 11) is 0. The summed E-state index contributed by atoms with van der Waals surface area (Å²) < 4.78 is 0. The Morgan fingerprint density at radius 2 is 1.56 bits per heavy atom. The van der Waals surface area contributed by atoms with Gasteiger partial charge in [-0.25, -0.2) is 0 Å². The lowest BCUT2D eigenvalue weighted by Crippen LogP contribution is -2.34. The summed E-state index contributed by atoms with van der Waals surface area (Å²) in [6.45, 7) is 11.5. The zero-order valence-electron chi connectivity index (χ0n) is 21.8. The number of rotatable bonds is 10. The lowest BCUT2D eigenvalue weighted by molar-refractivity contribution is -0.111. The molecule has 0 atom stereocenters. The molecule has 1 aliphatic carbocycles. The molecule has 0 spiro atoms. The Morgan fingerprint density at radius 3 is 2.26 bits per heavy atom. The third kappa shape index (κ3) is 6.31. The molecule has 0 radical (unpaired) electrons. The fraction of sp³-hybridized carbons (Fsp3) is 0.516. The zero-order chi connectivity index (χ0) is 24.8. The number of amides is 1. The average molecular weight is 462 g/mol. The number of phenolic OH excluding ortho intramolecular Hbond substituents is 1. The SMILES string of the molecule is CCCCCCCCC=C(C(=O)Nc1ccccc1O)c1ccc2c(c1)C(C)(C)CCC2(C)C. The molecule has 1 aliphatic rings. The third-order valence-corrected chi connectivity index (χ3v) is 7.47. The molecule has 3 rings (SSSR count). The van der Waals surface area contributed by atoms with Crippen LogP contribution in [0.4, 0.5) is 5.69 Å². The Hall–Kier alpha value is -2.55. The maximum atomic E-state index is 13.4. The molecule has 0 saturated carbocycles. The molecular formula is C31H43NO2. The van der Waals surface area contributed by atoms with Gasteiger partial charge in [-0.05, 0) is 65.3 Å². The van der Waals surface area contributed by atoms with Crippen LogP contribution in [0.25, 0.3) is 5.57 Å². The molecule has 1 amide bonds. The van der Waals surface area contributed by atoms with Gasteiger partial charge in [0.25, 0.3) is 5.91 Å². The van der Waals surface area contributed by atoms with Crippen molar-refractivity contribution in [3.63, 3.8) is 0 Å². The highest BCUT2D eigenvalue weighted by Crippen LogP contribution is 2.46. The number of hydrogen-bond acceptors (Lipinski definition) is 2. The Bertz CT molecular complexity index is 1020. The number of para-hydroxylation sites is 2. The van der Waals surface area contributed by atoms with Crippen LogP contribution >= 0.6 is 0 Å². The second kappa shape index (κ2) is 11.3. The lowest BCUT2D eigenvalue weighted by Gasteiger charge is -2.42. The molecular weight excluding hydrogens is 418 g/mol. The van der Waals surface area contributed by atoms with Gasteiger partial charge in [-0.3, -0.25) is 4.79 Å². The molecule has 184 valence electrons. The number of phenols is 1. The van der Waals surface area contributed by atoms with Gasteiger partial charge in [-0.15, -0.1) is 0 Å². The maximum Gasteiger partial charge on any atom is 0.256 e. The van der Waals surface area contributed by atoms with Crippen molar-refractivity contribution in [1.82, 2.24) is 0 Å². The van der Waals surface area contributed by atoms with Crippen LogP contribution in [-0.4, -0.2) is 11.0 Å². The van der Waals surface area contributed by atoms with Crippen molar-refractivity contribution in [2.45, 2.75) is 103 Å². The molecule has 0 aliphatic heterocycles. The molecule has 2 aromatic rings. The summed E-state index contributed by atoms with van der Waals surface area (Å²) in [6.07, 6.45) is 12.6. The van der Waals surface area contributed by atoms with Crippen LogP contribution in [0.15, 0.2) is 48.5 Å². The van der Waals surface area contributed by atoms with Crippen molar-refractivity contribution in [2.75, 3.05) is 5.32 Å². The summed E-state index contributed by atoms with van der Waals surface area (Å²) in [5, 5.41) is 13.1. The normalized spacial score (nSPS) is 16.7. The van der Waals surface area contributed by atoms with Gasteiger partial charge in [0.05, 0.1) is 5.69 Å². The molecule has 2 aromatic carbocycles. The number of aromatic hydroxyl groups is 1. The predicted molar refractivity (Wildman–Crippen MR) is 144 cm³/mol. The molecule has 0 heterocycles. The molecule has 0 unspecified atom stereocenters. The first-order valence-electron chi connectivity index (χ1n) is 13.1. The Balaban J connectivity index is 1.89. The van der Waals surface area contributed by atoms with Crippen LogP contribution < -0.4 is 5.32 Å². The monoisotopic (exact) mass is 461 g/mol. The van der Waals surface area contributed by atoms with E-state index in [1.165, 1.54) is 49.7 Å². The van der Waals surface area contributed by atoms with Gasteiger partial charge >= 0.3 is 0 Å². The van der Waals surface area contributed by atoms with E-state index in [1.807, 2.05) is 6.07 Å². The van der Waals surface area contributed by atoms with E-state index in [2.05, 4.69) is 64.2 Å². The Labute approximate surface area is 206 Å². The quantitative estimate of drug-likeness (QED) is 0.212. The Kier molecular flexibility index (Phi) is 8.62. The second-order valence-electron chi connectivity index (χ2n) is 11.2. The maximum absolute atomic E-state index is 13.4. The van der Waals surface area contributed by atoms with Crippen molar-refractivity contribution in [1.29, 1.82) is 0 Å². The van der Waals surface area contributed by atoms with Gasteiger partial charge in [-0.2, -0.15) is 0 Å². The summed E-state index contributed by atoms with van der Waals surface area (Å²) in [4.78, 5) is 13.4. The van der Waals surface area contributed by atoms with E-state index in [1.54, 1.807) is 18.2 Å². The smallest absolute Gasteiger partial charge is 0.256 e. The zero-order valence-corrected chi connectivity index (χ0v) is 21.8. The highest BCUT2D eigenvalue weighted by Gasteiger charge is 2.37. The third-order valence-electron chi connectivity index (χ3n) is 7.47. The number of hydrogen-bond donors (Lipinski definition) is 2. The van der Waals surface area contributed by atoms with Crippen molar-refractivity contribution in [3.05, 3.63) is 65.2 Å². The number of carbonyl (C=O) groups excluding carboxylic acids is 1.